The molecule has 0 nitrogen and oxygen atoms in total. The second-order valence-electron chi connectivity index (χ2n) is 3.68. The van der Waals surface area contributed by atoms with Gasteiger partial charge in [0.15, 0.2) is 0 Å². The zero-order valence-corrected chi connectivity index (χ0v) is 10.5. The van der Waals surface area contributed by atoms with Crippen LogP contribution in [0.15, 0.2) is 48.5 Å². The summed E-state index contributed by atoms with van der Waals surface area (Å²) < 4.78 is 0. The number of hydrogen-bond acceptors (Lipinski definition) is 1. The monoisotopic (exact) mass is 248 g/mol. The first-order valence-corrected chi connectivity index (χ1v) is 6.26. The second kappa shape index (κ2) is 5.42. The van der Waals surface area contributed by atoms with Crippen LogP contribution in [0.25, 0.3) is 11.1 Å². The number of aryl methyl sites for hydroxylation is 1. The van der Waals surface area contributed by atoms with Gasteiger partial charge in [0, 0.05) is 5.02 Å². The minimum absolute atomic E-state index is 0.774. The van der Waals surface area contributed by atoms with Crippen LogP contribution in [0.4, 0.5) is 0 Å². The molecular weight excluding hydrogens is 236 g/mol. The first-order chi connectivity index (χ1) is 7.79. The van der Waals surface area contributed by atoms with E-state index in [2.05, 4.69) is 36.9 Å². The van der Waals surface area contributed by atoms with E-state index in [0.29, 0.717) is 0 Å². The van der Waals surface area contributed by atoms with Crippen LogP contribution in [0.2, 0.25) is 5.02 Å². The lowest BCUT2D eigenvalue weighted by molar-refractivity contribution is 1.16. The molecule has 0 bridgehead atoms. The van der Waals surface area contributed by atoms with Crippen molar-refractivity contribution in [3.63, 3.8) is 0 Å². The van der Waals surface area contributed by atoms with E-state index in [1.807, 2.05) is 24.3 Å². The number of rotatable bonds is 3. The van der Waals surface area contributed by atoms with Crippen molar-refractivity contribution in [3.8, 4) is 11.1 Å². The van der Waals surface area contributed by atoms with Gasteiger partial charge in [-0.15, -0.1) is 0 Å². The molecule has 2 aromatic rings. The molecule has 0 fully saturated rings. The molecule has 0 spiro atoms. The number of halogens is 1. The number of hydrogen-bond donors (Lipinski definition) is 1. The molecule has 0 saturated carbocycles. The van der Waals surface area contributed by atoms with Crippen molar-refractivity contribution in [3.05, 3.63) is 59.1 Å². The lowest BCUT2D eigenvalue weighted by Crippen LogP contribution is -1.85. The van der Waals surface area contributed by atoms with E-state index >= 15 is 0 Å². The maximum atomic E-state index is 5.86. The topological polar surface area (TPSA) is 0 Å². The van der Waals surface area contributed by atoms with Crippen LogP contribution in [-0.4, -0.2) is 5.75 Å². The van der Waals surface area contributed by atoms with E-state index < -0.39 is 0 Å². The molecule has 0 saturated heterocycles. The highest BCUT2D eigenvalue weighted by Gasteiger charge is 1.97. The summed E-state index contributed by atoms with van der Waals surface area (Å²) in [6.45, 7) is 0. The molecule has 0 aliphatic heterocycles. The number of benzene rings is 2. The molecule has 0 aliphatic rings. The molecule has 0 atom stereocenters. The highest BCUT2D eigenvalue weighted by Crippen LogP contribution is 2.21. The normalized spacial score (nSPS) is 10.4. The highest BCUT2D eigenvalue weighted by molar-refractivity contribution is 7.80. The van der Waals surface area contributed by atoms with Gasteiger partial charge in [-0.25, -0.2) is 0 Å². The van der Waals surface area contributed by atoms with Gasteiger partial charge < -0.3 is 0 Å². The first kappa shape index (κ1) is 11.6. The third kappa shape index (κ3) is 2.81. The number of thiol groups is 1. The highest BCUT2D eigenvalue weighted by atomic mass is 35.5. The van der Waals surface area contributed by atoms with Gasteiger partial charge in [-0.3, -0.25) is 0 Å². The van der Waals surface area contributed by atoms with Crippen LogP contribution in [0.1, 0.15) is 5.56 Å². The zero-order valence-electron chi connectivity index (χ0n) is 8.86. The van der Waals surface area contributed by atoms with Crippen molar-refractivity contribution in [2.24, 2.45) is 0 Å². The van der Waals surface area contributed by atoms with Gasteiger partial charge in [-0.1, -0.05) is 48.0 Å². The quantitative estimate of drug-likeness (QED) is 0.761. The Hall–Kier alpha value is -0.920. The van der Waals surface area contributed by atoms with Crippen molar-refractivity contribution >= 4 is 24.2 Å². The minimum Gasteiger partial charge on any atom is -0.179 e. The van der Waals surface area contributed by atoms with E-state index in [-0.39, 0.29) is 0 Å². The Labute approximate surface area is 107 Å². The van der Waals surface area contributed by atoms with Crippen molar-refractivity contribution < 1.29 is 0 Å². The van der Waals surface area contributed by atoms with E-state index in [9.17, 15) is 0 Å². The van der Waals surface area contributed by atoms with E-state index in [1.165, 1.54) is 16.7 Å². The predicted molar refractivity (Wildman–Crippen MR) is 74.4 cm³/mol. The molecule has 82 valence electrons. The summed E-state index contributed by atoms with van der Waals surface area (Å²) in [5.41, 5.74) is 3.74. The summed E-state index contributed by atoms with van der Waals surface area (Å²) in [4.78, 5) is 0. The fraction of sp³-hybridized carbons (Fsp3) is 0.143. The summed E-state index contributed by atoms with van der Waals surface area (Å²) in [5.74, 6) is 0.889. The third-order valence-electron chi connectivity index (χ3n) is 2.53. The fourth-order valence-corrected chi connectivity index (χ4v) is 2.02. The van der Waals surface area contributed by atoms with Crippen LogP contribution in [0.5, 0.6) is 0 Å². The first-order valence-electron chi connectivity index (χ1n) is 5.25. The lowest BCUT2D eigenvalue weighted by atomic mass is 10.0. The molecule has 2 rings (SSSR count). The molecular formula is C14H13ClS. The van der Waals surface area contributed by atoms with Gasteiger partial charge in [-0.2, -0.15) is 12.6 Å². The Morgan fingerprint density at radius 2 is 1.31 bits per heavy atom. The van der Waals surface area contributed by atoms with Crippen LogP contribution in [0.3, 0.4) is 0 Å². The SMILES string of the molecule is SCCc1ccc(-c2ccc(Cl)cc2)cc1. The van der Waals surface area contributed by atoms with Crippen LogP contribution in [-0.2, 0) is 6.42 Å². The molecule has 2 aromatic carbocycles. The Kier molecular flexibility index (Phi) is 3.92. The van der Waals surface area contributed by atoms with Gasteiger partial charge in [0.1, 0.15) is 0 Å². The van der Waals surface area contributed by atoms with Crippen molar-refractivity contribution in [2.75, 3.05) is 5.75 Å². The van der Waals surface area contributed by atoms with Crippen LogP contribution in [0, 0.1) is 0 Å². The third-order valence-corrected chi connectivity index (χ3v) is 3.01. The zero-order chi connectivity index (χ0) is 11.4. The minimum atomic E-state index is 0.774. The summed E-state index contributed by atoms with van der Waals surface area (Å²) in [7, 11) is 0. The molecule has 0 amide bonds. The molecule has 0 unspecified atom stereocenters. The second-order valence-corrected chi connectivity index (χ2v) is 4.56. The Balaban J connectivity index is 2.24. The Morgan fingerprint density at radius 3 is 1.81 bits per heavy atom. The van der Waals surface area contributed by atoms with E-state index in [4.69, 9.17) is 11.6 Å². The van der Waals surface area contributed by atoms with E-state index in [1.54, 1.807) is 0 Å². The van der Waals surface area contributed by atoms with Gasteiger partial charge >= 0.3 is 0 Å². The molecule has 16 heavy (non-hydrogen) atoms. The molecule has 0 N–H and O–H groups in total. The standard InChI is InChI=1S/C14H13ClS/c15-14-7-5-13(6-8-14)12-3-1-11(2-4-12)9-10-16/h1-8,16H,9-10H2. The Bertz CT molecular complexity index is 445. The summed E-state index contributed by atoms with van der Waals surface area (Å²) in [5, 5.41) is 0.774. The van der Waals surface area contributed by atoms with Gasteiger partial charge in [0.2, 0.25) is 0 Å². The fourth-order valence-electron chi connectivity index (χ4n) is 1.64. The average molecular weight is 249 g/mol. The molecule has 0 aliphatic carbocycles. The molecule has 0 aromatic heterocycles. The molecule has 2 heteroatoms. The van der Waals surface area contributed by atoms with E-state index in [0.717, 1.165) is 17.2 Å². The van der Waals surface area contributed by atoms with Gasteiger partial charge in [0.05, 0.1) is 0 Å². The summed E-state index contributed by atoms with van der Waals surface area (Å²) in [6, 6.07) is 16.5. The maximum absolute atomic E-state index is 5.86. The van der Waals surface area contributed by atoms with Gasteiger partial charge in [-0.05, 0) is 41.0 Å². The molecule has 0 radical (unpaired) electrons. The average Bonchev–Trinajstić information content (AvgIpc) is 2.32. The summed E-state index contributed by atoms with van der Waals surface area (Å²) in [6.07, 6.45) is 1.02. The largest absolute Gasteiger partial charge is 0.179 e. The summed E-state index contributed by atoms with van der Waals surface area (Å²) >= 11 is 10.1. The van der Waals surface area contributed by atoms with Crippen molar-refractivity contribution in [2.45, 2.75) is 6.42 Å². The predicted octanol–water partition coefficient (Wildman–Crippen LogP) is 4.48. The maximum Gasteiger partial charge on any atom is 0.0406 e. The van der Waals surface area contributed by atoms with Crippen molar-refractivity contribution in [1.29, 1.82) is 0 Å². The van der Waals surface area contributed by atoms with Crippen molar-refractivity contribution in [1.82, 2.24) is 0 Å². The lowest BCUT2D eigenvalue weighted by Gasteiger charge is -2.03. The van der Waals surface area contributed by atoms with Gasteiger partial charge in [0.25, 0.3) is 0 Å². The molecule has 0 heterocycles. The van der Waals surface area contributed by atoms with Crippen LogP contribution >= 0.6 is 24.2 Å². The smallest absolute Gasteiger partial charge is 0.0406 e. The Morgan fingerprint density at radius 1 is 0.812 bits per heavy atom. The van der Waals surface area contributed by atoms with Crippen LogP contribution < -0.4 is 0 Å².